The quantitative estimate of drug-likeness (QED) is 0.864. The van der Waals surface area contributed by atoms with Crippen LogP contribution in [0.5, 0.6) is 0 Å². The van der Waals surface area contributed by atoms with Crippen LogP contribution < -0.4 is 0 Å². The molecule has 1 rings (SSSR count). The lowest BCUT2D eigenvalue weighted by Crippen LogP contribution is -2.17. The summed E-state index contributed by atoms with van der Waals surface area (Å²) in [6.07, 6.45) is -4.43. The van der Waals surface area contributed by atoms with Crippen molar-refractivity contribution >= 4 is 17.7 Å². The van der Waals surface area contributed by atoms with Gasteiger partial charge in [0.15, 0.2) is 0 Å². The van der Waals surface area contributed by atoms with Crippen LogP contribution in [0.3, 0.4) is 0 Å². The summed E-state index contributed by atoms with van der Waals surface area (Å²) >= 11 is 0.659. The van der Waals surface area contributed by atoms with Crippen LogP contribution in [-0.2, 0) is 11.0 Å². The van der Waals surface area contributed by atoms with Crippen molar-refractivity contribution < 1.29 is 23.1 Å². The normalized spacial score (nSPS) is 12.8. The number of alkyl halides is 3. The van der Waals surface area contributed by atoms with Crippen LogP contribution in [0.25, 0.3) is 0 Å². The van der Waals surface area contributed by atoms with E-state index in [0.29, 0.717) is 11.8 Å². The number of rotatable bonds is 4. The fourth-order valence-electron chi connectivity index (χ4n) is 1.45. The van der Waals surface area contributed by atoms with Gasteiger partial charge in [-0.05, 0) is 25.0 Å². The van der Waals surface area contributed by atoms with Crippen molar-refractivity contribution in [2.75, 3.05) is 0 Å². The molecular formula is C12H11F3N2O2S. The fraction of sp³-hybridized carbons (Fsp3) is 0.417. The van der Waals surface area contributed by atoms with Crippen LogP contribution in [0.2, 0.25) is 0 Å². The van der Waals surface area contributed by atoms with Crippen molar-refractivity contribution in [3.05, 3.63) is 22.9 Å². The van der Waals surface area contributed by atoms with Gasteiger partial charge in [0.25, 0.3) is 0 Å². The lowest BCUT2D eigenvalue weighted by atomic mass is 10.1. The number of nitriles is 1. The maximum absolute atomic E-state index is 12.7. The van der Waals surface area contributed by atoms with E-state index in [9.17, 15) is 18.0 Å². The summed E-state index contributed by atoms with van der Waals surface area (Å²) in [5, 5.41) is 16.8. The van der Waals surface area contributed by atoms with Gasteiger partial charge in [-0.1, -0.05) is 18.7 Å². The molecular weight excluding hydrogens is 293 g/mol. The fourth-order valence-corrected chi connectivity index (χ4v) is 2.47. The van der Waals surface area contributed by atoms with Gasteiger partial charge in [0.2, 0.25) is 0 Å². The molecule has 0 aliphatic heterocycles. The number of hydrogen-bond donors (Lipinski definition) is 1. The first-order valence-corrected chi connectivity index (χ1v) is 6.47. The average Bonchev–Trinajstić information content (AvgIpc) is 2.33. The van der Waals surface area contributed by atoms with Crippen molar-refractivity contribution in [3.63, 3.8) is 0 Å². The Kier molecular flexibility index (Phi) is 5.00. The smallest absolute Gasteiger partial charge is 0.433 e. The zero-order chi connectivity index (χ0) is 15.5. The van der Waals surface area contributed by atoms with Gasteiger partial charge in [0.05, 0.1) is 5.56 Å². The Bertz CT molecular complexity index is 567. The zero-order valence-corrected chi connectivity index (χ0v) is 11.5. The van der Waals surface area contributed by atoms with E-state index in [-0.39, 0.29) is 22.6 Å². The van der Waals surface area contributed by atoms with Crippen molar-refractivity contribution in [3.8, 4) is 6.07 Å². The number of hydrogen-bond acceptors (Lipinski definition) is 4. The summed E-state index contributed by atoms with van der Waals surface area (Å²) in [5.41, 5.74) is -1.03. The molecule has 1 atom stereocenters. The molecule has 0 saturated carbocycles. The summed E-state index contributed by atoms with van der Waals surface area (Å²) in [6.45, 7) is 2.96. The largest absolute Gasteiger partial charge is 0.480 e. The maximum atomic E-state index is 12.7. The van der Waals surface area contributed by atoms with Crippen LogP contribution in [0, 0.1) is 18.3 Å². The van der Waals surface area contributed by atoms with Gasteiger partial charge in [-0.2, -0.15) is 18.4 Å². The van der Waals surface area contributed by atoms with Crippen molar-refractivity contribution in [2.45, 2.75) is 36.7 Å². The van der Waals surface area contributed by atoms with E-state index >= 15 is 0 Å². The van der Waals surface area contributed by atoms with E-state index in [1.807, 2.05) is 0 Å². The predicted octanol–water partition coefficient (Wildman–Crippen LogP) is 3.24. The van der Waals surface area contributed by atoms with Gasteiger partial charge in [-0.3, -0.25) is 4.79 Å². The number of aliphatic carboxylic acids is 1. The molecule has 0 spiro atoms. The first-order valence-electron chi connectivity index (χ1n) is 5.59. The number of aromatic nitrogens is 1. The highest BCUT2D eigenvalue weighted by molar-refractivity contribution is 8.00. The van der Waals surface area contributed by atoms with Crippen molar-refractivity contribution in [1.29, 1.82) is 5.26 Å². The molecule has 0 aliphatic carbocycles. The van der Waals surface area contributed by atoms with Gasteiger partial charge in [0, 0.05) is 0 Å². The zero-order valence-electron chi connectivity index (χ0n) is 10.7. The molecule has 0 fully saturated rings. The molecule has 1 unspecified atom stereocenters. The monoisotopic (exact) mass is 304 g/mol. The second-order valence-corrected chi connectivity index (χ2v) is 5.16. The minimum Gasteiger partial charge on any atom is -0.480 e. The summed E-state index contributed by atoms with van der Waals surface area (Å²) < 4.78 is 38.1. The third-order valence-corrected chi connectivity index (χ3v) is 3.82. The number of thioether (sulfide) groups is 1. The number of carboxylic acid groups (broad SMARTS) is 1. The maximum Gasteiger partial charge on any atom is 0.433 e. The number of nitrogens with zero attached hydrogens (tertiary/aromatic N) is 2. The highest BCUT2D eigenvalue weighted by Gasteiger charge is 2.34. The molecule has 1 heterocycles. The molecule has 0 radical (unpaired) electrons. The first-order chi connectivity index (χ1) is 9.20. The highest BCUT2D eigenvalue weighted by atomic mass is 32.2. The van der Waals surface area contributed by atoms with Crippen molar-refractivity contribution in [1.82, 2.24) is 4.98 Å². The minimum atomic E-state index is -4.64. The van der Waals surface area contributed by atoms with Gasteiger partial charge >= 0.3 is 12.1 Å². The second-order valence-electron chi connectivity index (χ2n) is 3.97. The van der Waals surface area contributed by atoms with Crippen LogP contribution in [-0.4, -0.2) is 21.3 Å². The number of halogens is 3. The molecule has 0 saturated heterocycles. The highest BCUT2D eigenvalue weighted by Crippen LogP contribution is 2.34. The molecule has 0 amide bonds. The van der Waals surface area contributed by atoms with E-state index in [1.165, 1.54) is 6.92 Å². The van der Waals surface area contributed by atoms with Gasteiger partial charge in [-0.25, -0.2) is 4.98 Å². The molecule has 4 nitrogen and oxygen atoms in total. The topological polar surface area (TPSA) is 74.0 Å². The number of pyridine rings is 1. The molecule has 20 heavy (non-hydrogen) atoms. The Morgan fingerprint density at radius 1 is 1.60 bits per heavy atom. The lowest BCUT2D eigenvalue weighted by molar-refractivity contribution is -0.141. The van der Waals surface area contributed by atoms with E-state index in [1.54, 1.807) is 13.0 Å². The Labute approximate surface area is 117 Å². The predicted molar refractivity (Wildman–Crippen MR) is 66.3 cm³/mol. The molecule has 8 heteroatoms. The lowest BCUT2D eigenvalue weighted by Gasteiger charge is -2.14. The molecule has 108 valence electrons. The van der Waals surface area contributed by atoms with Crippen LogP contribution in [0.4, 0.5) is 13.2 Å². The molecule has 0 bridgehead atoms. The Hall–Kier alpha value is -1.75. The summed E-state index contributed by atoms with van der Waals surface area (Å²) in [7, 11) is 0. The minimum absolute atomic E-state index is 0.0253. The SMILES string of the molecule is CCC(Sc1nc(C(F)(F)F)cc(C)c1C#N)C(=O)O. The summed E-state index contributed by atoms with van der Waals surface area (Å²) in [6, 6.07) is 2.55. The average molecular weight is 304 g/mol. The Morgan fingerprint density at radius 2 is 2.20 bits per heavy atom. The van der Waals surface area contributed by atoms with Crippen LogP contribution in [0.15, 0.2) is 11.1 Å². The molecule has 1 aromatic rings. The van der Waals surface area contributed by atoms with Gasteiger partial charge in [0.1, 0.15) is 22.0 Å². The molecule has 0 aromatic carbocycles. The molecule has 1 aromatic heterocycles. The summed E-state index contributed by atoms with van der Waals surface area (Å²) in [4.78, 5) is 14.3. The van der Waals surface area contributed by atoms with E-state index in [4.69, 9.17) is 10.4 Å². The summed E-state index contributed by atoms with van der Waals surface area (Å²) in [5.74, 6) is -1.15. The first kappa shape index (κ1) is 16.3. The van der Waals surface area contributed by atoms with Crippen LogP contribution in [0.1, 0.15) is 30.2 Å². The van der Waals surface area contributed by atoms with E-state index in [0.717, 1.165) is 6.07 Å². The Balaban J connectivity index is 3.33. The molecule has 0 aliphatic rings. The number of carbonyl (C=O) groups is 1. The van der Waals surface area contributed by atoms with E-state index in [2.05, 4.69) is 4.98 Å². The molecule has 1 N–H and O–H groups in total. The third kappa shape index (κ3) is 3.63. The van der Waals surface area contributed by atoms with Crippen LogP contribution >= 0.6 is 11.8 Å². The number of aryl methyl sites for hydroxylation is 1. The standard InChI is InChI=1S/C12H11F3N2O2S/c1-3-8(11(18)19)20-10-7(5-16)6(2)4-9(17-10)12(13,14)15/h4,8H,3H2,1-2H3,(H,18,19). The number of carboxylic acids is 1. The Morgan fingerprint density at radius 3 is 2.60 bits per heavy atom. The van der Waals surface area contributed by atoms with E-state index < -0.39 is 23.1 Å². The third-order valence-electron chi connectivity index (χ3n) is 2.49. The van der Waals surface area contributed by atoms with Crippen molar-refractivity contribution in [2.24, 2.45) is 0 Å². The second kappa shape index (κ2) is 6.13. The van der Waals surface area contributed by atoms with Gasteiger partial charge < -0.3 is 5.11 Å². The van der Waals surface area contributed by atoms with Gasteiger partial charge in [-0.15, -0.1) is 0 Å².